The molecule has 1 unspecified atom stereocenters. The molecular formula is C35H42N2O5. The number of pyridine rings is 1. The van der Waals surface area contributed by atoms with E-state index in [0.717, 1.165) is 34.4 Å². The van der Waals surface area contributed by atoms with Gasteiger partial charge in [0.1, 0.15) is 11.5 Å². The number of carbonyl (C=O) groups excluding carboxylic acids is 1. The molecule has 1 aliphatic heterocycles. The number of aliphatic hydroxyl groups is 1. The number of rotatable bonds is 9. The number of methoxy groups -OCH3 is 3. The van der Waals surface area contributed by atoms with Gasteiger partial charge >= 0.3 is 0 Å². The van der Waals surface area contributed by atoms with E-state index in [-0.39, 0.29) is 17.4 Å². The number of likely N-dealkylation sites (tertiary alicyclic amines) is 1. The SMILES string of the molecule is COc1ccc(CN2C(=O)CCC2/C=C(\c2ccc(C(C)(C)C)cc2)c2ccc(C3(O)CCC3)c(OC)n2)c(OC)c1. The van der Waals surface area contributed by atoms with E-state index in [1.54, 1.807) is 21.3 Å². The van der Waals surface area contributed by atoms with Gasteiger partial charge in [-0.25, -0.2) is 4.98 Å². The van der Waals surface area contributed by atoms with Crippen molar-refractivity contribution < 1.29 is 24.1 Å². The molecule has 1 amide bonds. The van der Waals surface area contributed by atoms with E-state index >= 15 is 0 Å². The number of nitrogens with zero attached hydrogens (tertiary/aromatic N) is 2. The minimum absolute atomic E-state index is 0.0236. The minimum atomic E-state index is -0.888. The Balaban J connectivity index is 1.56. The zero-order valence-electron chi connectivity index (χ0n) is 25.6. The third kappa shape index (κ3) is 5.88. The minimum Gasteiger partial charge on any atom is -0.497 e. The summed E-state index contributed by atoms with van der Waals surface area (Å²) in [5.41, 5.74) is 4.69. The Bertz CT molecular complexity index is 1470. The second kappa shape index (κ2) is 11.8. The van der Waals surface area contributed by atoms with Crippen LogP contribution < -0.4 is 14.2 Å². The van der Waals surface area contributed by atoms with Crippen molar-refractivity contribution in [3.05, 3.63) is 88.6 Å². The summed E-state index contributed by atoms with van der Waals surface area (Å²) in [5.74, 6) is 1.93. The number of aromatic nitrogens is 1. The van der Waals surface area contributed by atoms with E-state index in [2.05, 4.69) is 51.1 Å². The van der Waals surface area contributed by atoms with Crippen molar-refractivity contribution in [1.29, 1.82) is 0 Å². The lowest BCUT2D eigenvalue weighted by Gasteiger charge is -2.37. The molecule has 1 N–H and O–H groups in total. The quantitative estimate of drug-likeness (QED) is 0.321. The molecule has 222 valence electrons. The zero-order chi connectivity index (χ0) is 30.1. The van der Waals surface area contributed by atoms with Crippen LogP contribution in [0.5, 0.6) is 17.4 Å². The molecule has 1 atom stereocenters. The first kappa shape index (κ1) is 29.6. The van der Waals surface area contributed by atoms with E-state index in [1.807, 2.05) is 35.2 Å². The lowest BCUT2D eigenvalue weighted by Crippen LogP contribution is -2.34. The summed E-state index contributed by atoms with van der Waals surface area (Å²) in [7, 11) is 4.85. The van der Waals surface area contributed by atoms with Crippen molar-refractivity contribution >= 4 is 11.5 Å². The summed E-state index contributed by atoms with van der Waals surface area (Å²) in [6, 6.07) is 18.0. The molecule has 3 aromatic rings. The van der Waals surface area contributed by atoms with E-state index in [4.69, 9.17) is 19.2 Å². The van der Waals surface area contributed by atoms with Crippen molar-refractivity contribution in [3.63, 3.8) is 0 Å². The van der Waals surface area contributed by atoms with Crippen molar-refractivity contribution in [1.82, 2.24) is 9.88 Å². The fraction of sp³-hybridized carbons (Fsp3) is 0.429. The maximum Gasteiger partial charge on any atom is 0.223 e. The van der Waals surface area contributed by atoms with Gasteiger partial charge in [0.05, 0.1) is 38.7 Å². The summed E-state index contributed by atoms with van der Waals surface area (Å²) >= 11 is 0. The number of benzene rings is 2. The Hall–Kier alpha value is -3.84. The van der Waals surface area contributed by atoms with Gasteiger partial charge < -0.3 is 24.2 Å². The molecule has 7 nitrogen and oxygen atoms in total. The van der Waals surface area contributed by atoms with Gasteiger partial charge in [0.15, 0.2) is 0 Å². The standard InChI is InChI=1S/C35H42N2O5/c1-34(2,3)25-11-8-23(9-12-25)28(30-16-15-29(33(36-30)42-6)35(39)18-7-19-35)20-26-13-17-32(38)37(26)22-24-10-14-27(40-4)21-31(24)41-5/h8-12,14-16,20-21,26,39H,7,13,17-19,22H2,1-6H3/b28-20+. The normalized spacial score (nSPS) is 18.5. The topological polar surface area (TPSA) is 81.1 Å². The lowest BCUT2D eigenvalue weighted by atomic mass is 9.75. The van der Waals surface area contributed by atoms with Crippen LogP contribution in [-0.4, -0.2) is 48.3 Å². The van der Waals surface area contributed by atoms with Gasteiger partial charge in [-0.2, -0.15) is 0 Å². The fourth-order valence-corrected chi connectivity index (χ4v) is 5.85. The Kier molecular flexibility index (Phi) is 8.33. The smallest absolute Gasteiger partial charge is 0.223 e. The van der Waals surface area contributed by atoms with Crippen molar-refractivity contribution in [2.75, 3.05) is 21.3 Å². The molecule has 2 aliphatic rings. The summed E-state index contributed by atoms with van der Waals surface area (Å²) in [4.78, 5) is 20.0. The number of amides is 1. The maximum absolute atomic E-state index is 13.2. The van der Waals surface area contributed by atoms with Crippen LogP contribution in [0.3, 0.4) is 0 Å². The first-order valence-corrected chi connectivity index (χ1v) is 14.7. The van der Waals surface area contributed by atoms with Crippen LogP contribution in [0.4, 0.5) is 0 Å². The van der Waals surface area contributed by atoms with Crippen LogP contribution >= 0.6 is 0 Å². The summed E-state index contributed by atoms with van der Waals surface area (Å²) in [5, 5.41) is 11.1. The molecule has 2 fully saturated rings. The summed E-state index contributed by atoms with van der Waals surface area (Å²) in [6.45, 7) is 7.02. The molecule has 1 aromatic heterocycles. The first-order chi connectivity index (χ1) is 20.1. The Morgan fingerprint density at radius 1 is 1.02 bits per heavy atom. The predicted octanol–water partition coefficient (Wildman–Crippen LogP) is 6.40. The van der Waals surface area contributed by atoms with Crippen LogP contribution in [0, 0.1) is 0 Å². The molecule has 1 saturated heterocycles. The van der Waals surface area contributed by atoms with E-state index in [0.29, 0.717) is 49.6 Å². The Morgan fingerprint density at radius 2 is 1.76 bits per heavy atom. The van der Waals surface area contributed by atoms with Gasteiger partial charge in [-0.15, -0.1) is 0 Å². The first-order valence-electron chi connectivity index (χ1n) is 14.7. The van der Waals surface area contributed by atoms with Gasteiger partial charge in [-0.3, -0.25) is 4.79 Å². The van der Waals surface area contributed by atoms with Crippen LogP contribution in [0.15, 0.2) is 60.7 Å². The number of hydrogen-bond donors (Lipinski definition) is 1. The molecule has 42 heavy (non-hydrogen) atoms. The maximum atomic E-state index is 13.2. The average Bonchev–Trinajstić information content (AvgIpc) is 3.32. The van der Waals surface area contributed by atoms with Crippen LogP contribution in [0.25, 0.3) is 5.57 Å². The van der Waals surface area contributed by atoms with Gasteiger partial charge in [-0.1, -0.05) is 51.1 Å². The number of hydrogen-bond acceptors (Lipinski definition) is 6. The number of carbonyl (C=O) groups is 1. The lowest BCUT2D eigenvalue weighted by molar-refractivity contribution is -0.129. The van der Waals surface area contributed by atoms with Gasteiger partial charge in [0.25, 0.3) is 0 Å². The molecule has 1 saturated carbocycles. The van der Waals surface area contributed by atoms with Crippen molar-refractivity contribution in [2.45, 2.75) is 76.5 Å². The largest absolute Gasteiger partial charge is 0.497 e. The monoisotopic (exact) mass is 570 g/mol. The fourth-order valence-electron chi connectivity index (χ4n) is 5.85. The van der Waals surface area contributed by atoms with Gasteiger partial charge in [0, 0.05) is 35.7 Å². The highest BCUT2D eigenvalue weighted by atomic mass is 16.5. The molecule has 7 heteroatoms. The average molecular weight is 571 g/mol. The van der Waals surface area contributed by atoms with Gasteiger partial charge in [0.2, 0.25) is 11.8 Å². The van der Waals surface area contributed by atoms with Crippen LogP contribution in [0.1, 0.15) is 80.8 Å². The van der Waals surface area contributed by atoms with Crippen molar-refractivity contribution in [2.24, 2.45) is 0 Å². The molecular weight excluding hydrogens is 528 g/mol. The molecule has 2 heterocycles. The second-order valence-electron chi connectivity index (χ2n) is 12.4. The van der Waals surface area contributed by atoms with E-state index in [1.165, 1.54) is 5.56 Å². The molecule has 0 spiro atoms. The Morgan fingerprint density at radius 3 is 2.36 bits per heavy atom. The third-order valence-electron chi connectivity index (χ3n) is 8.64. The third-order valence-corrected chi connectivity index (χ3v) is 8.64. The zero-order valence-corrected chi connectivity index (χ0v) is 25.6. The number of ether oxygens (including phenoxy) is 3. The summed E-state index contributed by atoms with van der Waals surface area (Å²) in [6.07, 6.45) is 5.72. The van der Waals surface area contributed by atoms with Crippen LogP contribution in [-0.2, 0) is 22.4 Å². The summed E-state index contributed by atoms with van der Waals surface area (Å²) < 4.78 is 16.7. The molecule has 2 aromatic carbocycles. The molecule has 0 bridgehead atoms. The molecule has 5 rings (SSSR count). The highest BCUT2D eigenvalue weighted by molar-refractivity contribution is 5.83. The molecule has 1 aliphatic carbocycles. The highest BCUT2D eigenvalue weighted by Gasteiger charge is 2.39. The van der Waals surface area contributed by atoms with E-state index in [9.17, 15) is 9.90 Å². The Labute approximate surface area is 249 Å². The molecule has 0 radical (unpaired) electrons. The highest BCUT2D eigenvalue weighted by Crippen LogP contribution is 2.45. The second-order valence-corrected chi connectivity index (χ2v) is 12.4. The predicted molar refractivity (Wildman–Crippen MR) is 164 cm³/mol. The van der Waals surface area contributed by atoms with Crippen LogP contribution in [0.2, 0.25) is 0 Å². The van der Waals surface area contributed by atoms with E-state index < -0.39 is 5.60 Å². The van der Waals surface area contributed by atoms with Crippen molar-refractivity contribution in [3.8, 4) is 17.4 Å². The van der Waals surface area contributed by atoms with Gasteiger partial charge in [-0.05, 0) is 66.5 Å².